The van der Waals surface area contributed by atoms with Crippen molar-refractivity contribution in [3.8, 4) is 0 Å². The molecule has 1 aliphatic heterocycles. The van der Waals surface area contributed by atoms with Gasteiger partial charge < -0.3 is 21.1 Å². The molecular weight excluding hydrogens is 258 g/mol. The quantitative estimate of drug-likeness (QED) is 0.541. The second-order valence-corrected chi connectivity index (χ2v) is 5.94. The molecule has 3 unspecified atom stereocenters. The van der Waals surface area contributed by atoms with Crippen LogP contribution >= 0.6 is 0 Å². The van der Waals surface area contributed by atoms with E-state index >= 15 is 0 Å². The van der Waals surface area contributed by atoms with Gasteiger partial charge in [-0.1, -0.05) is 12.8 Å². The Kier molecular flexibility index (Phi) is 5.37. The number of carbonyl (C=O) groups is 2. The van der Waals surface area contributed by atoms with E-state index in [1.54, 1.807) is 6.92 Å². The van der Waals surface area contributed by atoms with Crippen molar-refractivity contribution < 1.29 is 14.7 Å². The van der Waals surface area contributed by atoms with Crippen LogP contribution in [0.15, 0.2) is 0 Å². The van der Waals surface area contributed by atoms with Crippen LogP contribution < -0.4 is 16.0 Å². The van der Waals surface area contributed by atoms with Crippen molar-refractivity contribution in [3.05, 3.63) is 0 Å². The lowest BCUT2D eigenvalue weighted by atomic mass is 10.1. The first kappa shape index (κ1) is 15.3. The van der Waals surface area contributed by atoms with Crippen LogP contribution in [0, 0.1) is 11.8 Å². The molecule has 1 heterocycles. The highest BCUT2D eigenvalue weighted by Gasteiger charge is 2.27. The SMILES string of the molecule is CC(NC(=O)C1CCCC1)C(=O)NCC1CNCC1O. The maximum atomic E-state index is 11.9. The standard InChI is InChI=1S/C14H25N3O3/c1-9(17-14(20)10-4-2-3-5-10)13(19)16-7-11-6-15-8-12(11)18/h9-12,15,18H,2-8H2,1H3,(H,16,19)(H,17,20). The Morgan fingerprint density at radius 3 is 2.60 bits per heavy atom. The average molecular weight is 283 g/mol. The molecule has 6 heteroatoms. The number of rotatable bonds is 5. The van der Waals surface area contributed by atoms with Crippen LogP contribution in [0.2, 0.25) is 0 Å². The largest absolute Gasteiger partial charge is 0.391 e. The van der Waals surface area contributed by atoms with E-state index in [0.29, 0.717) is 19.6 Å². The first-order valence-electron chi connectivity index (χ1n) is 7.55. The van der Waals surface area contributed by atoms with E-state index in [1.807, 2.05) is 0 Å². The zero-order chi connectivity index (χ0) is 14.5. The van der Waals surface area contributed by atoms with E-state index in [9.17, 15) is 14.7 Å². The van der Waals surface area contributed by atoms with Gasteiger partial charge in [-0.3, -0.25) is 9.59 Å². The lowest BCUT2D eigenvalue weighted by Crippen LogP contribution is -2.48. The molecule has 2 amide bonds. The molecule has 0 aromatic carbocycles. The number of aliphatic hydroxyl groups excluding tert-OH is 1. The molecule has 0 radical (unpaired) electrons. The van der Waals surface area contributed by atoms with Gasteiger partial charge >= 0.3 is 0 Å². The Labute approximate surface area is 119 Å². The van der Waals surface area contributed by atoms with Crippen molar-refractivity contribution in [1.82, 2.24) is 16.0 Å². The molecule has 0 aromatic heterocycles. The van der Waals surface area contributed by atoms with Gasteiger partial charge in [0.15, 0.2) is 0 Å². The van der Waals surface area contributed by atoms with Crippen molar-refractivity contribution >= 4 is 11.8 Å². The van der Waals surface area contributed by atoms with Crippen LogP contribution in [0.1, 0.15) is 32.6 Å². The van der Waals surface area contributed by atoms with E-state index in [4.69, 9.17) is 0 Å². The number of amides is 2. The van der Waals surface area contributed by atoms with Gasteiger partial charge in [0, 0.05) is 31.5 Å². The summed E-state index contributed by atoms with van der Waals surface area (Å²) >= 11 is 0. The third kappa shape index (κ3) is 3.93. The minimum absolute atomic E-state index is 0.00674. The van der Waals surface area contributed by atoms with E-state index in [-0.39, 0.29) is 23.7 Å². The third-order valence-corrected chi connectivity index (χ3v) is 4.32. The Morgan fingerprint density at radius 2 is 2.00 bits per heavy atom. The molecule has 2 rings (SSSR count). The molecule has 0 spiro atoms. The molecule has 0 bridgehead atoms. The maximum absolute atomic E-state index is 11.9. The zero-order valence-corrected chi connectivity index (χ0v) is 12.0. The van der Waals surface area contributed by atoms with Gasteiger partial charge in [0.25, 0.3) is 0 Å². The van der Waals surface area contributed by atoms with Crippen LogP contribution in [0.5, 0.6) is 0 Å². The molecule has 114 valence electrons. The summed E-state index contributed by atoms with van der Waals surface area (Å²) < 4.78 is 0. The summed E-state index contributed by atoms with van der Waals surface area (Å²) in [5, 5.41) is 18.3. The third-order valence-electron chi connectivity index (χ3n) is 4.32. The lowest BCUT2D eigenvalue weighted by molar-refractivity contribution is -0.130. The zero-order valence-electron chi connectivity index (χ0n) is 12.0. The van der Waals surface area contributed by atoms with E-state index in [2.05, 4.69) is 16.0 Å². The molecule has 2 aliphatic rings. The van der Waals surface area contributed by atoms with Crippen molar-refractivity contribution in [2.24, 2.45) is 11.8 Å². The van der Waals surface area contributed by atoms with Gasteiger partial charge in [-0.2, -0.15) is 0 Å². The van der Waals surface area contributed by atoms with Crippen LogP contribution in [0.4, 0.5) is 0 Å². The summed E-state index contributed by atoms with van der Waals surface area (Å²) in [6.07, 6.45) is 3.66. The molecule has 4 N–H and O–H groups in total. The van der Waals surface area contributed by atoms with Gasteiger partial charge in [0.1, 0.15) is 6.04 Å². The molecule has 6 nitrogen and oxygen atoms in total. The molecule has 2 fully saturated rings. The van der Waals surface area contributed by atoms with E-state index < -0.39 is 12.1 Å². The number of aliphatic hydroxyl groups is 1. The number of β-amino-alcohol motifs (C(OH)–C–C–N with tert-alkyl or cyclic N) is 1. The topological polar surface area (TPSA) is 90.5 Å². The summed E-state index contributed by atoms with van der Waals surface area (Å²) in [6, 6.07) is -0.519. The summed E-state index contributed by atoms with van der Waals surface area (Å²) in [5.74, 6) is -0.0639. The minimum atomic E-state index is -0.519. The normalized spacial score (nSPS) is 28.3. The highest BCUT2D eigenvalue weighted by Crippen LogP contribution is 2.24. The van der Waals surface area contributed by atoms with Gasteiger partial charge in [-0.05, 0) is 19.8 Å². The van der Waals surface area contributed by atoms with Crippen LogP contribution in [-0.4, -0.2) is 48.7 Å². The smallest absolute Gasteiger partial charge is 0.242 e. The number of hydrogen-bond acceptors (Lipinski definition) is 4. The number of nitrogens with one attached hydrogen (secondary N) is 3. The van der Waals surface area contributed by atoms with Crippen molar-refractivity contribution in [1.29, 1.82) is 0 Å². The van der Waals surface area contributed by atoms with E-state index in [1.165, 1.54) is 0 Å². The predicted octanol–water partition coefficient (Wildman–Crippen LogP) is -0.622. The molecule has 20 heavy (non-hydrogen) atoms. The van der Waals surface area contributed by atoms with Gasteiger partial charge in [0.2, 0.25) is 11.8 Å². The fourth-order valence-corrected chi connectivity index (χ4v) is 2.90. The Morgan fingerprint density at radius 1 is 1.30 bits per heavy atom. The monoisotopic (exact) mass is 283 g/mol. The molecule has 1 saturated heterocycles. The van der Waals surface area contributed by atoms with Crippen molar-refractivity contribution in [2.45, 2.75) is 44.8 Å². The number of hydrogen-bond donors (Lipinski definition) is 4. The average Bonchev–Trinajstić information content (AvgIpc) is 3.07. The first-order chi connectivity index (χ1) is 9.58. The van der Waals surface area contributed by atoms with Crippen LogP contribution in [-0.2, 0) is 9.59 Å². The Hall–Kier alpha value is -1.14. The highest BCUT2D eigenvalue weighted by atomic mass is 16.3. The van der Waals surface area contributed by atoms with Gasteiger partial charge in [-0.15, -0.1) is 0 Å². The highest BCUT2D eigenvalue weighted by molar-refractivity contribution is 5.88. The fourth-order valence-electron chi connectivity index (χ4n) is 2.90. The second kappa shape index (κ2) is 7.04. The Bertz CT molecular complexity index is 356. The summed E-state index contributed by atoms with van der Waals surface area (Å²) in [6.45, 7) is 3.43. The summed E-state index contributed by atoms with van der Waals surface area (Å²) in [4.78, 5) is 23.9. The molecule has 0 aromatic rings. The minimum Gasteiger partial charge on any atom is -0.391 e. The first-order valence-corrected chi connectivity index (χ1v) is 7.55. The molecule has 1 aliphatic carbocycles. The van der Waals surface area contributed by atoms with E-state index in [0.717, 1.165) is 25.7 Å². The predicted molar refractivity (Wildman–Crippen MR) is 74.9 cm³/mol. The number of carbonyl (C=O) groups excluding carboxylic acids is 2. The van der Waals surface area contributed by atoms with Crippen molar-refractivity contribution in [3.63, 3.8) is 0 Å². The summed E-state index contributed by atoms with van der Waals surface area (Å²) in [5.41, 5.74) is 0. The van der Waals surface area contributed by atoms with Crippen molar-refractivity contribution in [2.75, 3.05) is 19.6 Å². The van der Waals surface area contributed by atoms with Gasteiger partial charge in [0.05, 0.1) is 6.10 Å². The van der Waals surface area contributed by atoms with Gasteiger partial charge in [-0.25, -0.2) is 0 Å². The Balaban J connectivity index is 1.69. The lowest BCUT2D eigenvalue weighted by Gasteiger charge is -2.19. The maximum Gasteiger partial charge on any atom is 0.242 e. The molecule has 1 saturated carbocycles. The fraction of sp³-hybridized carbons (Fsp3) is 0.857. The van der Waals surface area contributed by atoms with Crippen LogP contribution in [0.25, 0.3) is 0 Å². The summed E-state index contributed by atoms with van der Waals surface area (Å²) in [7, 11) is 0. The molecule has 3 atom stereocenters. The second-order valence-electron chi connectivity index (χ2n) is 5.94. The molecular formula is C14H25N3O3. The van der Waals surface area contributed by atoms with Crippen LogP contribution in [0.3, 0.4) is 0 Å².